The second kappa shape index (κ2) is 8.82. The second-order valence-corrected chi connectivity index (χ2v) is 5.11. The van der Waals surface area contributed by atoms with Crippen molar-refractivity contribution in [3.63, 3.8) is 0 Å². The van der Waals surface area contributed by atoms with E-state index < -0.39 is 0 Å². The Kier molecular flexibility index (Phi) is 6.42. The molecule has 0 unspecified atom stereocenters. The van der Waals surface area contributed by atoms with Crippen molar-refractivity contribution in [1.29, 1.82) is 0 Å². The first kappa shape index (κ1) is 16.0. The number of unbranched alkanes of at least 4 members (excludes halogenated alkanes) is 3. The summed E-state index contributed by atoms with van der Waals surface area (Å²) in [5, 5.41) is 15.9. The van der Waals surface area contributed by atoms with Gasteiger partial charge in [-0.1, -0.05) is 49.2 Å². The number of rotatable bonds is 8. The molecule has 0 saturated carbocycles. The molecule has 0 bridgehead atoms. The Balaban J connectivity index is 1.89. The van der Waals surface area contributed by atoms with Gasteiger partial charge in [0.2, 0.25) is 5.69 Å². The molecule has 4 nitrogen and oxygen atoms in total. The Hall–Kier alpha value is -2.36. The van der Waals surface area contributed by atoms with Gasteiger partial charge in [0.25, 0.3) is 0 Å². The number of hydrogen-bond donors (Lipinski definition) is 0. The predicted octanol–water partition coefficient (Wildman–Crippen LogP) is 5.57. The van der Waals surface area contributed by atoms with Crippen LogP contribution in [0.3, 0.4) is 0 Å². The number of azo groups is 1. The Morgan fingerprint density at radius 2 is 1.68 bits per heavy atom. The average molecular weight is 298 g/mol. The normalized spacial score (nSPS) is 11.4. The van der Waals surface area contributed by atoms with Crippen molar-refractivity contribution in [3.8, 4) is 5.75 Å². The van der Waals surface area contributed by atoms with E-state index in [9.17, 15) is 5.21 Å². The molecule has 0 saturated heterocycles. The van der Waals surface area contributed by atoms with E-state index in [0.717, 1.165) is 18.8 Å². The van der Waals surface area contributed by atoms with E-state index in [0.29, 0.717) is 16.2 Å². The summed E-state index contributed by atoms with van der Waals surface area (Å²) in [4.78, 5) is 0.626. The van der Waals surface area contributed by atoms with Crippen LogP contribution in [0.1, 0.15) is 32.6 Å². The summed E-state index contributed by atoms with van der Waals surface area (Å²) in [6, 6.07) is 16.2. The topological polar surface area (TPSA) is 47.7 Å². The first-order valence-electron chi connectivity index (χ1n) is 7.76. The highest BCUT2D eigenvalue weighted by Crippen LogP contribution is 2.21. The largest absolute Gasteiger partial charge is 0.594 e. The lowest BCUT2D eigenvalue weighted by atomic mass is 10.2. The SMILES string of the molecule is CCCCCCOc1ccc(N=[N+]([O-])c2ccccc2)cc1. The number of benzene rings is 2. The van der Waals surface area contributed by atoms with Crippen LogP contribution in [0, 0.1) is 5.21 Å². The zero-order valence-corrected chi connectivity index (χ0v) is 12.9. The van der Waals surface area contributed by atoms with Gasteiger partial charge in [-0.25, -0.2) is 0 Å². The first-order chi connectivity index (χ1) is 10.8. The van der Waals surface area contributed by atoms with Crippen LogP contribution in [0.2, 0.25) is 0 Å². The van der Waals surface area contributed by atoms with E-state index in [2.05, 4.69) is 12.0 Å². The van der Waals surface area contributed by atoms with Gasteiger partial charge < -0.3 is 9.94 Å². The first-order valence-corrected chi connectivity index (χ1v) is 7.76. The Morgan fingerprint density at radius 1 is 0.955 bits per heavy atom. The van der Waals surface area contributed by atoms with Gasteiger partial charge in [0.05, 0.1) is 6.61 Å². The molecule has 0 aliphatic carbocycles. The molecule has 0 aromatic heterocycles. The molecule has 116 valence electrons. The maximum atomic E-state index is 11.9. The molecule has 0 heterocycles. The van der Waals surface area contributed by atoms with Crippen molar-refractivity contribution in [2.45, 2.75) is 32.6 Å². The monoisotopic (exact) mass is 298 g/mol. The molecule has 2 aromatic rings. The van der Waals surface area contributed by atoms with Crippen molar-refractivity contribution in [3.05, 3.63) is 59.8 Å². The lowest BCUT2D eigenvalue weighted by molar-refractivity contribution is -0.435. The average Bonchev–Trinajstić information content (AvgIpc) is 2.57. The molecule has 2 rings (SSSR count). The zero-order valence-electron chi connectivity index (χ0n) is 12.9. The Labute approximate surface area is 131 Å². The van der Waals surface area contributed by atoms with Gasteiger partial charge in [-0.15, -0.1) is 0 Å². The fourth-order valence-corrected chi connectivity index (χ4v) is 2.05. The van der Waals surface area contributed by atoms with Gasteiger partial charge in [0, 0.05) is 17.2 Å². The molecule has 0 aliphatic heterocycles. The third-order valence-corrected chi connectivity index (χ3v) is 3.29. The van der Waals surface area contributed by atoms with Crippen LogP contribution in [0.4, 0.5) is 11.4 Å². The number of ether oxygens (including phenoxy) is 1. The predicted molar refractivity (Wildman–Crippen MR) is 87.9 cm³/mol. The van der Waals surface area contributed by atoms with Crippen LogP contribution < -0.4 is 4.74 Å². The van der Waals surface area contributed by atoms with Gasteiger partial charge in [-0.2, -0.15) is 0 Å². The number of para-hydroxylation sites is 1. The zero-order chi connectivity index (χ0) is 15.6. The van der Waals surface area contributed by atoms with Crippen LogP contribution in [-0.4, -0.2) is 11.5 Å². The van der Waals surface area contributed by atoms with Crippen molar-refractivity contribution in [1.82, 2.24) is 0 Å². The standard InChI is InChI=1S/C18H22N2O2/c1-2-3-4-8-15-22-18-13-11-16(12-14-18)19-20(21)17-9-6-5-7-10-17/h5-7,9-14H,2-4,8,15H2,1H3. The van der Waals surface area contributed by atoms with E-state index in [1.807, 2.05) is 30.3 Å². The summed E-state index contributed by atoms with van der Waals surface area (Å²) in [6.45, 7) is 2.92. The summed E-state index contributed by atoms with van der Waals surface area (Å²) >= 11 is 0. The van der Waals surface area contributed by atoms with E-state index in [-0.39, 0.29) is 0 Å². The van der Waals surface area contributed by atoms with Crippen LogP contribution >= 0.6 is 0 Å². The fourth-order valence-electron chi connectivity index (χ4n) is 2.05. The van der Waals surface area contributed by atoms with Crippen LogP contribution in [0.5, 0.6) is 5.75 Å². The smallest absolute Gasteiger partial charge is 0.244 e. The number of hydrogen-bond acceptors (Lipinski definition) is 3. The highest BCUT2D eigenvalue weighted by molar-refractivity contribution is 5.40. The van der Waals surface area contributed by atoms with Crippen LogP contribution in [-0.2, 0) is 0 Å². The maximum absolute atomic E-state index is 11.9. The molecule has 0 N–H and O–H groups in total. The minimum absolute atomic E-state index is 0.513. The van der Waals surface area contributed by atoms with E-state index in [4.69, 9.17) is 4.74 Å². The highest BCUT2D eigenvalue weighted by atomic mass is 16.5. The quantitative estimate of drug-likeness (QED) is 0.277. The van der Waals surface area contributed by atoms with E-state index >= 15 is 0 Å². The summed E-state index contributed by atoms with van der Waals surface area (Å²) in [5.74, 6) is 0.813. The molecular weight excluding hydrogens is 276 g/mol. The lowest BCUT2D eigenvalue weighted by Gasteiger charge is -2.05. The molecule has 0 fully saturated rings. The summed E-state index contributed by atoms with van der Waals surface area (Å²) < 4.78 is 5.66. The van der Waals surface area contributed by atoms with Gasteiger partial charge >= 0.3 is 0 Å². The summed E-state index contributed by atoms with van der Waals surface area (Å²) in [7, 11) is 0. The molecule has 22 heavy (non-hydrogen) atoms. The van der Waals surface area contributed by atoms with Gasteiger partial charge in [-0.3, -0.25) is 0 Å². The maximum Gasteiger partial charge on any atom is 0.244 e. The highest BCUT2D eigenvalue weighted by Gasteiger charge is 2.02. The minimum atomic E-state index is 0.513. The Morgan fingerprint density at radius 3 is 2.36 bits per heavy atom. The lowest BCUT2D eigenvalue weighted by Crippen LogP contribution is -1.96. The molecular formula is C18H22N2O2. The van der Waals surface area contributed by atoms with Gasteiger partial charge in [0.15, 0.2) is 0 Å². The molecule has 4 heteroatoms. The van der Waals surface area contributed by atoms with Crippen molar-refractivity contribution in [2.75, 3.05) is 6.61 Å². The third-order valence-electron chi connectivity index (χ3n) is 3.29. The van der Waals surface area contributed by atoms with Crippen LogP contribution in [0.15, 0.2) is 59.7 Å². The Bertz CT molecular complexity index is 580. The number of nitrogens with zero attached hydrogens (tertiary/aromatic N) is 2. The summed E-state index contributed by atoms with van der Waals surface area (Å²) in [6.07, 6.45) is 4.75. The molecule has 0 atom stereocenters. The van der Waals surface area contributed by atoms with E-state index in [1.165, 1.54) is 19.3 Å². The minimum Gasteiger partial charge on any atom is -0.594 e. The summed E-state index contributed by atoms with van der Waals surface area (Å²) in [5.41, 5.74) is 1.12. The van der Waals surface area contributed by atoms with Crippen LogP contribution in [0.25, 0.3) is 0 Å². The van der Waals surface area contributed by atoms with Crippen molar-refractivity contribution < 1.29 is 9.60 Å². The molecule has 0 amide bonds. The van der Waals surface area contributed by atoms with E-state index in [1.54, 1.807) is 24.3 Å². The molecule has 0 aliphatic rings. The van der Waals surface area contributed by atoms with Crippen molar-refractivity contribution >= 4 is 11.4 Å². The van der Waals surface area contributed by atoms with Gasteiger partial charge in [0.1, 0.15) is 11.4 Å². The molecule has 0 radical (unpaired) electrons. The fraction of sp³-hybridized carbons (Fsp3) is 0.333. The van der Waals surface area contributed by atoms with Gasteiger partial charge in [-0.05, 0) is 30.7 Å². The second-order valence-electron chi connectivity index (χ2n) is 5.11. The molecule has 0 spiro atoms. The third kappa shape index (κ3) is 5.20. The van der Waals surface area contributed by atoms with Crippen molar-refractivity contribution in [2.24, 2.45) is 5.11 Å². The molecule has 2 aromatic carbocycles.